The first-order valence-electron chi connectivity index (χ1n) is 11.4. The van der Waals surface area contributed by atoms with E-state index in [2.05, 4.69) is 30.1 Å². The second-order valence-corrected chi connectivity index (χ2v) is 11.2. The summed E-state index contributed by atoms with van der Waals surface area (Å²) in [6.45, 7) is 11.8. The van der Waals surface area contributed by atoms with Gasteiger partial charge in [-0.05, 0) is 65.0 Å². The van der Waals surface area contributed by atoms with Gasteiger partial charge in [0.1, 0.15) is 0 Å². The maximum absolute atomic E-state index is 13.1. The molecule has 2 fully saturated rings. The van der Waals surface area contributed by atoms with Gasteiger partial charge in [-0.25, -0.2) is 8.42 Å². The van der Waals surface area contributed by atoms with Gasteiger partial charge in [-0.2, -0.15) is 4.31 Å². The number of nitrogens with one attached hydrogen (secondary N) is 1. The lowest BCUT2D eigenvalue weighted by Crippen LogP contribution is -2.48. The van der Waals surface area contributed by atoms with Gasteiger partial charge in [0.15, 0.2) is 0 Å². The molecule has 0 spiro atoms. The SMILES string of the molecule is CC(C)=CCN1CCC(NC(=O)C2CCN(S(=O)(=O)c3ccc(C)cc3C)CC2)CC1. The molecule has 3 rings (SSSR count). The van der Waals surface area contributed by atoms with Crippen molar-refractivity contribution < 1.29 is 13.2 Å². The van der Waals surface area contributed by atoms with Crippen molar-refractivity contribution in [3.8, 4) is 0 Å². The molecule has 7 heteroatoms. The molecule has 1 aromatic carbocycles. The Labute approximate surface area is 187 Å². The van der Waals surface area contributed by atoms with Crippen molar-refractivity contribution in [2.45, 2.75) is 64.3 Å². The van der Waals surface area contributed by atoms with Crippen LogP contribution in [0.4, 0.5) is 0 Å². The fraction of sp³-hybridized carbons (Fsp3) is 0.625. The summed E-state index contributed by atoms with van der Waals surface area (Å²) >= 11 is 0. The minimum absolute atomic E-state index is 0.0892. The number of sulfonamides is 1. The average molecular weight is 448 g/mol. The fourth-order valence-corrected chi connectivity index (χ4v) is 6.15. The highest BCUT2D eigenvalue weighted by Gasteiger charge is 2.33. The van der Waals surface area contributed by atoms with Crippen LogP contribution in [-0.2, 0) is 14.8 Å². The molecule has 6 nitrogen and oxygen atoms in total. The maximum Gasteiger partial charge on any atom is 0.243 e. The number of amides is 1. The molecule has 0 bridgehead atoms. The first kappa shape index (κ1) is 24.0. The Hall–Kier alpha value is -1.70. The lowest BCUT2D eigenvalue weighted by Gasteiger charge is -2.34. The van der Waals surface area contributed by atoms with Crippen LogP contribution >= 0.6 is 0 Å². The van der Waals surface area contributed by atoms with E-state index in [9.17, 15) is 13.2 Å². The molecule has 0 saturated carbocycles. The van der Waals surface area contributed by atoms with Crippen molar-refractivity contribution in [1.29, 1.82) is 0 Å². The van der Waals surface area contributed by atoms with Gasteiger partial charge in [0.05, 0.1) is 4.90 Å². The van der Waals surface area contributed by atoms with E-state index in [0.717, 1.165) is 43.6 Å². The van der Waals surface area contributed by atoms with Crippen LogP contribution < -0.4 is 5.32 Å². The van der Waals surface area contributed by atoms with Crippen LogP contribution in [0.2, 0.25) is 0 Å². The van der Waals surface area contributed by atoms with Crippen molar-refractivity contribution in [3.05, 3.63) is 41.0 Å². The van der Waals surface area contributed by atoms with Gasteiger partial charge in [-0.15, -0.1) is 0 Å². The fourth-order valence-electron chi connectivity index (χ4n) is 4.48. The highest BCUT2D eigenvalue weighted by atomic mass is 32.2. The van der Waals surface area contributed by atoms with Gasteiger partial charge in [-0.1, -0.05) is 29.3 Å². The zero-order valence-electron chi connectivity index (χ0n) is 19.4. The van der Waals surface area contributed by atoms with E-state index in [-0.39, 0.29) is 17.9 Å². The quantitative estimate of drug-likeness (QED) is 0.680. The van der Waals surface area contributed by atoms with E-state index in [4.69, 9.17) is 0 Å². The largest absolute Gasteiger partial charge is 0.353 e. The summed E-state index contributed by atoms with van der Waals surface area (Å²) in [5.41, 5.74) is 3.16. The van der Waals surface area contributed by atoms with Crippen molar-refractivity contribution in [3.63, 3.8) is 0 Å². The normalized spacial score (nSPS) is 19.9. The Morgan fingerprint density at radius 2 is 1.71 bits per heavy atom. The molecular weight excluding hydrogens is 410 g/mol. The summed E-state index contributed by atoms with van der Waals surface area (Å²) in [5.74, 6) is -0.0134. The summed E-state index contributed by atoms with van der Waals surface area (Å²) in [4.78, 5) is 15.6. The minimum atomic E-state index is -3.51. The first-order chi connectivity index (χ1) is 14.7. The van der Waals surface area contributed by atoms with Crippen molar-refractivity contribution in [1.82, 2.24) is 14.5 Å². The zero-order chi connectivity index (χ0) is 22.6. The molecule has 1 aromatic rings. The first-order valence-corrected chi connectivity index (χ1v) is 12.8. The molecule has 2 aliphatic heterocycles. The molecular formula is C24H37N3O3S. The van der Waals surface area contributed by atoms with Crippen LogP contribution in [0, 0.1) is 19.8 Å². The van der Waals surface area contributed by atoms with Gasteiger partial charge in [0.2, 0.25) is 15.9 Å². The Balaban J connectivity index is 1.48. The van der Waals surface area contributed by atoms with Crippen LogP contribution in [0.3, 0.4) is 0 Å². The predicted molar refractivity (Wildman–Crippen MR) is 124 cm³/mol. The molecule has 1 amide bonds. The van der Waals surface area contributed by atoms with E-state index in [1.807, 2.05) is 26.0 Å². The third kappa shape index (κ3) is 6.18. The monoisotopic (exact) mass is 447 g/mol. The predicted octanol–water partition coefficient (Wildman–Crippen LogP) is 3.25. The number of hydrogen-bond donors (Lipinski definition) is 1. The summed E-state index contributed by atoms with van der Waals surface area (Å²) in [6.07, 6.45) is 5.36. The Kier molecular flexibility index (Phi) is 7.94. The standard InChI is InChI=1S/C24H37N3O3S/c1-18(2)7-12-26-13-10-22(11-14-26)25-24(28)21-8-15-27(16-9-21)31(29,30)23-6-5-19(3)17-20(23)4/h5-7,17,21-22H,8-16H2,1-4H3,(H,25,28). The van der Waals surface area contributed by atoms with Crippen LogP contribution in [0.15, 0.2) is 34.7 Å². The van der Waals surface area contributed by atoms with Gasteiger partial charge >= 0.3 is 0 Å². The Morgan fingerprint density at radius 3 is 2.29 bits per heavy atom. The second kappa shape index (κ2) is 10.3. The molecule has 0 atom stereocenters. The number of hydrogen-bond acceptors (Lipinski definition) is 4. The van der Waals surface area contributed by atoms with Crippen LogP contribution in [0.1, 0.15) is 50.7 Å². The van der Waals surface area contributed by atoms with E-state index in [0.29, 0.717) is 30.8 Å². The number of likely N-dealkylation sites (tertiary alicyclic amines) is 1. The smallest absolute Gasteiger partial charge is 0.243 e. The van der Waals surface area contributed by atoms with E-state index >= 15 is 0 Å². The summed E-state index contributed by atoms with van der Waals surface area (Å²) in [5, 5.41) is 3.23. The number of carbonyl (C=O) groups is 1. The zero-order valence-corrected chi connectivity index (χ0v) is 20.2. The number of benzene rings is 1. The molecule has 1 N–H and O–H groups in total. The third-order valence-electron chi connectivity index (χ3n) is 6.46. The number of rotatable bonds is 6. The van der Waals surface area contributed by atoms with Crippen LogP contribution in [-0.4, -0.2) is 62.3 Å². The lowest BCUT2D eigenvalue weighted by molar-refractivity contribution is -0.127. The highest BCUT2D eigenvalue weighted by Crippen LogP contribution is 2.26. The molecule has 0 aromatic heterocycles. The topological polar surface area (TPSA) is 69.7 Å². The number of carbonyl (C=O) groups excluding carboxylic acids is 1. The highest BCUT2D eigenvalue weighted by molar-refractivity contribution is 7.89. The molecule has 31 heavy (non-hydrogen) atoms. The summed E-state index contributed by atoms with van der Waals surface area (Å²) in [6, 6.07) is 5.67. The summed E-state index contributed by atoms with van der Waals surface area (Å²) in [7, 11) is -3.51. The lowest BCUT2D eigenvalue weighted by atomic mass is 9.96. The summed E-state index contributed by atoms with van der Waals surface area (Å²) < 4.78 is 27.6. The number of aryl methyl sites for hydroxylation is 2. The van der Waals surface area contributed by atoms with E-state index in [1.54, 1.807) is 6.07 Å². The van der Waals surface area contributed by atoms with E-state index < -0.39 is 10.0 Å². The maximum atomic E-state index is 13.1. The molecule has 2 saturated heterocycles. The van der Waals surface area contributed by atoms with Crippen LogP contribution in [0.5, 0.6) is 0 Å². The van der Waals surface area contributed by atoms with Gasteiger partial charge in [-0.3, -0.25) is 9.69 Å². The molecule has 2 heterocycles. The average Bonchev–Trinajstić information content (AvgIpc) is 2.73. The van der Waals surface area contributed by atoms with Gasteiger partial charge in [0, 0.05) is 44.7 Å². The molecule has 0 unspecified atom stereocenters. The molecule has 2 aliphatic rings. The number of piperidine rings is 2. The molecule has 172 valence electrons. The second-order valence-electron chi connectivity index (χ2n) is 9.31. The van der Waals surface area contributed by atoms with Crippen molar-refractivity contribution >= 4 is 15.9 Å². The number of nitrogens with zero attached hydrogens (tertiary/aromatic N) is 2. The minimum Gasteiger partial charge on any atom is -0.353 e. The number of allylic oxidation sites excluding steroid dienone is 1. The third-order valence-corrected chi connectivity index (χ3v) is 8.52. The molecule has 0 aliphatic carbocycles. The van der Waals surface area contributed by atoms with Gasteiger partial charge < -0.3 is 5.32 Å². The van der Waals surface area contributed by atoms with Crippen LogP contribution in [0.25, 0.3) is 0 Å². The van der Waals surface area contributed by atoms with Gasteiger partial charge in [0.25, 0.3) is 0 Å². The molecule has 0 radical (unpaired) electrons. The Bertz CT molecular complexity index is 906. The van der Waals surface area contributed by atoms with E-state index in [1.165, 1.54) is 9.88 Å². The Morgan fingerprint density at radius 1 is 1.06 bits per heavy atom. The van der Waals surface area contributed by atoms with Crippen molar-refractivity contribution in [2.24, 2.45) is 5.92 Å². The van der Waals surface area contributed by atoms with Crippen molar-refractivity contribution in [2.75, 3.05) is 32.7 Å².